The van der Waals surface area contributed by atoms with Crippen molar-refractivity contribution in [2.45, 2.75) is 39.2 Å². The molecule has 0 aliphatic rings. The number of H-pyrrole nitrogens is 1. The highest BCUT2D eigenvalue weighted by Gasteiger charge is 2.17. The molecule has 3 N–H and O–H groups in total. The molecule has 0 radical (unpaired) electrons. The third-order valence-electron chi connectivity index (χ3n) is 3.57. The maximum absolute atomic E-state index is 10.2. The lowest BCUT2D eigenvalue weighted by atomic mass is 9.86. The Hall–Kier alpha value is -2.10. The zero-order valence-electron chi connectivity index (χ0n) is 12.4. The van der Waals surface area contributed by atoms with Gasteiger partial charge in [-0.2, -0.15) is 5.11 Å². The van der Waals surface area contributed by atoms with Crippen molar-refractivity contribution in [3.63, 3.8) is 0 Å². The van der Waals surface area contributed by atoms with E-state index in [0.717, 1.165) is 5.56 Å². The van der Waals surface area contributed by atoms with Gasteiger partial charge in [-0.25, -0.2) is 5.53 Å². The third kappa shape index (κ3) is 2.59. The van der Waals surface area contributed by atoms with Gasteiger partial charge in [0, 0.05) is 17.3 Å². The molecule has 2 aromatic rings. The number of benzene rings is 1. The Morgan fingerprint density at radius 1 is 1.20 bits per heavy atom. The smallest absolute Gasteiger partial charge is 0.146 e. The predicted octanol–water partition coefficient (Wildman–Crippen LogP) is 4.78. The van der Waals surface area contributed by atoms with Crippen molar-refractivity contribution >= 4 is 0 Å². The second-order valence-electron chi connectivity index (χ2n) is 6.10. The number of nitrogens with one attached hydrogen (secondary N) is 2. The maximum Gasteiger partial charge on any atom is 0.146 e. The molecular formula is C16H21N3O. The maximum atomic E-state index is 10.2. The molecule has 0 saturated carbocycles. The molecule has 2 rings (SSSR count). The van der Waals surface area contributed by atoms with E-state index in [1.165, 1.54) is 5.56 Å². The molecule has 0 amide bonds. The lowest BCUT2D eigenvalue weighted by Crippen LogP contribution is -2.10. The molecule has 0 aliphatic heterocycles. The van der Waals surface area contributed by atoms with E-state index in [9.17, 15) is 5.11 Å². The van der Waals surface area contributed by atoms with Crippen molar-refractivity contribution in [1.82, 2.24) is 4.98 Å². The Kier molecular flexibility index (Phi) is 3.66. The van der Waals surface area contributed by atoms with Gasteiger partial charge in [0.05, 0.1) is 11.7 Å². The Bertz CT molecular complexity index is 606. The van der Waals surface area contributed by atoms with Gasteiger partial charge >= 0.3 is 0 Å². The molecule has 4 nitrogen and oxygen atoms in total. The highest BCUT2D eigenvalue weighted by atomic mass is 16.3. The van der Waals surface area contributed by atoms with Gasteiger partial charge in [-0.15, -0.1) is 0 Å². The molecule has 1 unspecified atom stereocenters. The number of aromatic nitrogens is 1. The SMILES string of the molecule is CC(N=N)c1c[nH]c(-c2ccc(C(C)(C)C)cc2)c1O. The van der Waals surface area contributed by atoms with E-state index in [1.807, 2.05) is 12.1 Å². The second kappa shape index (κ2) is 5.12. The number of hydrogen-bond donors (Lipinski definition) is 3. The van der Waals surface area contributed by atoms with E-state index in [1.54, 1.807) is 13.1 Å². The molecule has 106 valence electrons. The van der Waals surface area contributed by atoms with Crippen molar-refractivity contribution in [3.05, 3.63) is 41.6 Å². The first-order valence-corrected chi connectivity index (χ1v) is 6.72. The van der Waals surface area contributed by atoms with E-state index in [2.05, 4.69) is 43.0 Å². The van der Waals surface area contributed by atoms with Crippen molar-refractivity contribution in [3.8, 4) is 17.0 Å². The van der Waals surface area contributed by atoms with Crippen LogP contribution in [0.3, 0.4) is 0 Å². The molecule has 4 heteroatoms. The summed E-state index contributed by atoms with van der Waals surface area (Å²) >= 11 is 0. The first-order valence-electron chi connectivity index (χ1n) is 6.72. The number of rotatable bonds is 3. The van der Waals surface area contributed by atoms with E-state index in [0.29, 0.717) is 11.3 Å². The Morgan fingerprint density at radius 2 is 1.80 bits per heavy atom. The quantitative estimate of drug-likeness (QED) is 0.691. The van der Waals surface area contributed by atoms with Gasteiger partial charge in [-0.1, -0.05) is 45.0 Å². The summed E-state index contributed by atoms with van der Waals surface area (Å²) in [6, 6.07) is 7.81. The van der Waals surface area contributed by atoms with Gasteiger partial charge in [-0.05, 0) is 17.9 Å². The number of aromatic amines is 1. The lowest BCUT2D eigenvalue weighted by molar-refractivity contribution is 0.466. The van der Waals surface area contributed by atoms with Crippen molar-refractivity contribution in [1.29, 1.82) is 5.53 Å². The van der Waals surface area contributed by atoms with Crippen LogP contribution in [0, 0.1) is 5.53 Å². The second-order valence-corrected chi connectivity index (χ2v) is 6.10. The van der Waals surface area contributed by atoms with E-state index < -0.39 is 0 Å². The van der Waals surface area contributed by atoms with Crippen molar-refractivity contribution in [2.24, 2.45) is 5.11 Å². The average Bonchev–Trinajstić information content (AvgIpc) is 2.79. The normalized spacial score (nSPS) is 13.2. The standard InChI is InChI=1S/C16H21N3O/c1-10(19-17)13-9-18-14(15(13)20)11-5-7-12(8-6-11)16(2,3)4/h5-10,17-18,20H,1-4H3. The zero-order chi connectivity index (χ0) is 14.9. The minimum absolute atomic E-state index is 0.111. The van der Waals surface area contributed by atoms with Gasteiger partial charge in [0.15, 0.2) is 0 Å². The van der Waals surface area contributed by atoms with Crippen LogP contribution in [0.25, 0.3) is 11.3 Å². The van der Waals surface area contributed by atoms with Gasteiger partial charge in [0.25, 0.3) is 0 Å². The Morgan fingerprint density at radius 3 is 2.30 bits per heavy atom. The highest BCUT2D eigenvalue weighted by molar-refractivity contribution is 5.69. The molecule has 1 aromatic heterocycles. The molecule has 1 atom stereocenters. The summed E-state index contributed by atoms with van der Waals surface area (Å²) in [5, 5.41) is 13.7. The third-order valence-corrected chi connectivity index (χ3v) is 3.57. The van der Waals surface area contributed by atoms with E-state index in [-0.39, 0.29) is 17.2 Å². The van der Waals surface area contributed by atoms with Gasteiger partial charge in [0.1, 0.15) is 5.75 Å². The number of nitrogens with zero attached hydrogens (tertiary/aromatic N) is 1. The van der Waals surface area contributed by atoms with Gasteiger partial charge in [-0.3, -0.25) is 0 Å². The van der Waals surface area contributed by atoms with Gasteiger partial charge < -0.3 is 10.1 Å². The van der Waals surface area contributed by atoms with Gasteiger partial charge in [0.2, 0.25) is 0 Å². The molecule has 0 spiro atoms. The minimum Gasteiger partial charge on any atom is -0.505 e. The fourth-order valence-corrected chi connectivity index (χ4v) is 2.18. The molecule has 0 saturated heterocycles. The summed E-state index contributed by atoms with van der Waals surface area (Å²) in [7, 11) is 0. The first-order chi connectivity index (χ1) is 9.34. The molecule has 1 heterocycles. The van der Waals surface area contributed by atoms with Crippen LogP contribution >= 0.6 is 0 Å². The topological polar surface area (TPSA) is 72.2 Å². The summed E-state index contributed by atoms with van der Waals surface area (Å²) in [5.74, 6) is 0.178. The van der Waals surface area contributed by atoms with Crippen LogP contribution in [0.1, 0.15) is 44.9 Å². The molecule has 20 heavy (non-hydrogen) atoms. The lowest BCUT2D eigenvalue weighted by Gasteiger charge is -2.19. The Labute approximate surface area is 119 Å². The first kappa shape index (κ1) is 14.3. The van der Waals surface area contributed by atoms with Crippen LogP contribution < -0.4 is 0 Å². The summed E-state index contributed by atoms with van der Waals surface area (Å²) in [5.41, 5.74) is 10.7. The van der Waals surface area contributed by atoms with E-state index >= 15 is 0 Å². The zero-order valence-corrected chi connectivity index (χ0v) is 12.4. The molecule has 0 bridgehead atoms. The molecule has 0 fully saturated rings. The predicted molar refractivity (Wildman–Crippen MR) is 80.2 cm³/mol. The molecule has 0 aliphatic carbocycles. The van der Waals surface area contributed by atoms with Crippen LogP contribution in [0.15, 0.2) is 35.6 Å². The van der Waals surface area contributed by atoms with E-state index in [4.69, 9.17) is 5.53 Å². The van der Waals surface area contributed by atoms with Crippen LogP contribution in [-0.2, 0) is 5.41 Å². The monoisotopic (exact) mass is 271 g/mol. The number of hydrogen-bond acceptors (Lipinski definition) is 3. The Balaban J connectivity index is 2.38. The highest BCUT2D eigenvalue weighted by Crippen LogP contribution is 2.36. The van der Waals surface area contributed by atoms with Crippen molar-refractivity contribution in [2.75, 3.05) is 0 Å². The molecular weight excluding hydrogens is 250 g/mol. The summed E-state index contributed by atoms with van der Waals surface area (Å²) in [4.78, 5) is 3.07. The van der Waals surface area contributed by atoms with Crippen LogP contribution in [0.5, 0.6) is 5.75 Å². The largest absolute Gasteiger partial charge is 0.505 e. The molecule has 1 aromatic carbocycles. The van der Waals surface area contributed by atoms with Crippen LogP contribution in [0.2, 0.25) is 0 Å². The average molecular weight is 271 g/mol. The van der Waals surface area contributed by atoms with Crippen LogP contribution in [-0.4, -0.2) is 10.1 Å². The minimum atomic E-state index is -0.339. The van der Waals surface area contributed by atoms with Crippen molar-refractivity contribution < 1.29 is 5.11 Å². The fourth-order valence-electron chi connectivity index (χ4n) is 2.18. The summed E-state index contributed by atoms with van der Waals surface area (Å²) < 4.78 is 0. The fraction of sp³-hybridized carbons (Fsp3) is 0.375. The summed E-state index contributed by atoms with van der Waals surface area (Å²) in [6.45, 7) is 8.29. The van der Waals surface area contributed by atoms with Crippen LogP contribution in [0.4, 0.5) is 0 Å². The number of aromatic hydroxyl groups is 1. The summed E-state index contributed by atoms with van der Waals surface area (Å²) in [6.07, 6.45) is 1.71.